The van der Waals surface area contributed by atoms with Gasteiger partial charge in [0.05, 0.1) is 5.60 Å². The van der Waals surface area contributed by atoms with Crippen LogP contribution in [0.15, 0.2) is 11.1 Å². The molecule has 2 aliphatic rings. The van der Waals surface area contributed by atoms with Crippen molar-refractivity contribution in [2.75, 3.05) is 26.7 Å². The lowest BCUT2D eigenvalue weighted by Crippen LogP contribution is -2.50. The van der Waals surface area contributed by atoms with Crippen molar-refractivity contribution in [2.45, 2.75) is 31.8 Å². The van der Waals surface area contributed by atoms with Crippen LogP contribution in [0.3, 0.4) is 0 Å². The van der Waals surface area contributed by atoms with Crippen LogP contribution in [0.25, 0.3) is 0 Å². The van der Waals surface area contributed by atoms with Crippen molar-refractivity contribution in [3.63, 3.8) is 0 Å². The van der Waals surface area contributed by atoms with Crippen molar-refractivity contribution in [1.82, 2.24) is 10.6 Å². The Hall–Kier alpha value is -0.870. The van der Waals surface area contributed by atoms with Crippen molar-refractivity contribution in [1.29, 1.82) is 0 Å². The van der Waals surface area contributed by atoms with Gasteiger partial charge >= 0.3 is 0 Å². The summed E-state index contributed by atoms with van der Waals surface area (Å²) in [4.78, 5) is 11.8. The molecule has 1 aliphatic carbocycles. The quantitative estimate of drug-likeness (QED) is 0.687. The highest BCUT2D eigenvalue weighted by molar-refractivity contribution is 5.94. The highest BCUT2D eigenvalue weighted by Crippen LogP contribution is 2.34. The van der Waals surface area contributed by atoms with E-state index in [1.54, 1.807) is 7.11 Å². The summed E-state index contributed by atoms with van der Waals surface area (Å²) >= 11 is 0. The Morgan fingerprint density at radius 3 is 2.56 bits per heavy atom. The van der Waals surface area contributed by atoms with Crippen molar-refractivity contribution < 1.29 is 9.53 Å². The number of hydrogen-bond acceptors (Lipinski definition) is 3. The van der Waals surface area contributed by atoms with Gasteiger partial charge in [-0.2, -0.15) is 0 Å². The van der Waals surface area contributed by atoms with Crippen LogP contribution < -0.4 is 10.6 Å². The van der Waals surface area contributed by atoms with E-state index in [-0.39, 0.29) is 11.5 Å². The van der Waals surface area contributed by atoms with E-state index in [4.69, 9.17) is 4.74 Å². The number of hydrogen-bond donors (Lipinski definition) is 2. The SMILES string of the molecule is COC1(CNC(=O)C(C)=C2CNC2)CCC1. The fraction of sp³-hybridized carbons (Fsp3) is 0.750. The van der Waals surface area contributed by atoms with Crippen LogP contribution in [0, 0.1) is 0 Å². The zero-order valence-corrected chi connectivity index (χ0v) is 10.1. The second-order valence-electron chi connectivity index (χ2n) is 4.76. The Bertz CT molecular complexity index is 307. The molecule has 0 aromatic heterocycles. The Balaban J connectivity index is 1.83. The number of carbonyl (C=O) groups is 1. The molecule has 1 saturated heterocycles. The molecule has 0 radical (unpaired) electrons. The normalized spacial score (nSPS) is 22.0. The summed E-state index contributed by atoms with van der Waals surface area (Å²) in [5.41, 5.74) is 2.00. The van der Waals surface area contributed by atoms with Crippen molar-refractivity contribution >= 4 is 5.91 Å². The molecule has 16 heavy (non-hydrogen) atoms. The summed E-state index contributed by atoms with van der Waals surface area (Å²) in [5, 5.41) is 6.12. The van der Waals surface area contributed by atoms with E-state index >= 15 is 0 Å². The zero-order valence-electron chi connectivity index (χ0n) is 10.1. The number of amides is 1. The second-order valence-corrected chi connectivity index (χ2v) is 4.76. The van der Waals surface area contributed by atoms with Crippen LogP contribution in [-0.4, -0.2) is 38.3 Å². The highest BCUT2D eigenvalue weighted by atomic mass is 16.5. The Morgan fingerprint density at radius 1 is 1.50 bits per heavy atom. The summed E-state index contributed by atoms with van der Waals surface area (Å²) in [7, 11) is 1.73. The molecule has 0 aromatic carbocycles. The molecule has 2 N–H and O–H groups in total. The Labute approximate surface area is 96.4 Å². The van der Waals surface area contributed by atoms with Crippen LogP contribution in [0.4, 0.5) is 0 Å². The van der Waals surface area contributed by atoms with Crippen LogP contribution in [0.1, 0.15) is 26.2 Å². The van der Waals surface area contributed by atoms with Gasteiger partial charge < -0.3 is 15.4 Å². The predicted octanol–water partition coefficient (Wildman–Crippen LogP) is 0.591. The maximum atomic E-state index is 11.8. The number of carbonyl (C=O) groups excluding carboxylic acids is 1. The Morgan fingerprint density at radius 2 is 2.19 bits per heavy atom. The first-order chi connectivity index (χ1) is 7.67. The summed E-state index contributed by atoms with van der Waals surface area (Å²) in [6.45, 7) is 4.25. The van der Waals surface area contributed by atoms with Gasteiger partial charge in [0.1, 0.15) is 0 Å². The minimum atomic E-state index is -0.0849. The van der Waals surface area contributed by atoms with Gasteiger partial charge in [0.25, 0.3) is 0 Å². The van der Waals surface area contributed by atoms with Gasteiger partial charge in [-0.05, 0) is 31.8 Å². The minimum absolute atomic E-state index is 0.0554. The molecule has 0 bridgehead atoms. The van der Waals surface area contributed by atoms with Gasteiger partial charge in [-0.15, -0.1) is 0 Å². The van der Waals surface area contributed by atoms with Gasteiger partial charge in [-0.1, -0.05) is 0 Å². The third kappa shape index (κ3) is 2.13. The fourth-order valence-electron chi connectivity index (χ4n) is 2.07. The highest BCUT2D eigenvalue weighted by Gasteiger charge is 2.37. The molecule has 0 atom stereocenters. The maximum absolute atomic E-state index is 11.8. The lowest BCUT2D eigenvalue weighted by Gasteiger charge is -2.40. The first-order valence-electron chi connectivity index (χ1n) is 5.89. The molecular weight excluding hydrogens is 204 g/mol. The monoisotopic (exact) mass is 224 g/mol. The first kappa shape index (κ1) is 11.6. The van der Waals surface area contributed by atoms with E-state index in [2.05, 4.69) is 10.6 Å². The fourth-order valence-corrected chi connectivity index (χ4v) is 2.07. The van der Waals surface area contributed by atoms with E-state index in [0.717, 1.165) is 31.5 Å². The number of methoxy groups -OCH3 is 1. The second kappa shape index (κ2) is 4.55. The van der Waals surface area contributed by atoms with E-state index < -0.39 is 0 Å². The summed E-state index contributed by atoms with van der Waals surface area (Å²) in [6, 6.07) is 0. The third-order valence-corrected chi connectivity index (χ3v) is 3.82. The largest absolute Gasteiger partial charge is 0.376 e. The zero-order chi connectivity index (χ0) is 11.6. The number of ether oxygens (including phenoxy) is 1. The van der Waals surface area contributed by atoms with E-state index in [9.17, 15) is 4.79 Å². The average Bonchev–Trinajstić information content (AvgIpc) is 2.13. The molecule has 90 valence electrons. The van der Waals surface area contributed by atoms with Crippen LogP contribution in [0.5, 0.6) is 0 Å². The molecule has 4 nitrogen and oxygen atoms in total. The first-order valence-corrected chi connectivity index (χ1v) is 5.89. The van der Waals surface area contributed by atoms with E-state index in [1.165, 1.54) is 12.0 Å². The number of rotatable bonds is 4. The molecular formula is C12H20N2O2. The van der Waals surface area contributed by atoms with Crippen LogP contribution >= 0.6 is 0 Å². The van der Waals surface area contributed by atoms with E-state index in [1.807, 2.05) is 6.92 Å². The molecule has 1 saturated carbocycles. The average molecular weight is 224 g/mol. The van der Waals surface area contributed by atoms with Gasteiger partial charge in [-0.25, -0.2) is 0 Å². The summed E-state index contributed by atoms with van der Waals surface area (Å²) in [5.74, 6) is 0.0554. The molecule has 0 unspecified atom stereocenters. The van der Waals surface area contributed by atoms with Crippen molar-refractivity contribution in [2.24, 2.45) is 0 Å². The van der Waals surface area contributed by atoms with Crippen molar-refractivity contribution in [3.8, 4) is 0 Å². The van der Waals surface area contributed by atoms with E-state index in [0.29, 0.717) is 6.54 Å². The molecule has 0 spiro atoms. The molecule has 1 amide bonds. The third-order valence-electron chi connectivity index (χ3n) is 3.82. The van der Waals surface area contributed by atoms with Gasteiger partial charge in [-0.3, -0.25) is 4.79 Å². The predicted molar refractivity (Wildman–Crippen MR) is 62.2 cm³/mol. The standard InChI is InChI=1S/C12H20N2O2/c1-9(10-6-13-7-10)11(15)14-8-12(16-2)4-3-5-12/h13H,3-8H2,1-2H3,(H,14,15). The topological polar surface area (TPSA) is 50.4 Å². The molecule has 2 rings (SSSR count). The van der Waals surface area contributed by atoms with Gasteiger partial charge in [0.15, 0.2) is 0 Å². The van der Waals surface area contributed by atoms with Crippen LogP contribution in [0.2, 0.25) is 0 Å². The lowest BCUT2D eigenvalue weighted by molar-refractivity contribution is -0.121. The minimum Gasteiger partial charge on any atom is -0.376 e. The molecule has 4 heteroatoms. The maximum Gasteiger partial charge on any atom is 0.247 e. The summed E-state index contributed by atoms with van der Waals surface area (Å²) in [6.07, 6.45) is 3.32. The molecule has 1 aliphatic heterocycles. The molecule has 2 fully saturated rings. The smallest absolute Gasteiger partial charge is 0.247 e. The van der Waals surface area contributed by atoms with Crippen LogP contribution in [-0.2, 0) is 9.53 Å². The number of nitrogens with one attached hydrogen (secondary N) is 2. The van der Waals surface area contributed by atoms with Gasteiger partial charge in [0.2, 0.25) is 5.91 Å². The van der Waals surface area contributed by atoms with Gasteiger partial charge in [0, 0.05) is 32.3 Å². The van der Waals surface area contributed by atoms with Crippen molar-refractivity contribution in [3.05, 3.63) is 11.1 Å². The molecule has 1 heterocycles. The Kier molecular flexibility index (Phi) is 3.30. The summed E-state index contributed by atoms with van der Waals surface area (Å²) < 4.78 is 5.46. The molecule has 0 aromatic rings. The lowest BCUT2D eigenvalue weighted by atomic mass is 9.80.